The molecule has 1 aliphatic heterocycles. The summed E-state index contributed by atoms with van der Waals surface area (Å²) in [7, 11) is 0. The Balaban J connectivity index is 2.68. The number of carbonyl (C=O) groups is 2. The van der Waals surface area contributed by atoms with Gasteiger partial charge in [0.25, 0.3) is 0 Å². The van der Waals surface area contributed by atoms with Crippen LogP contribution >= 0.6 is 0 Å². The number of nitrogens with one attached hydrogen (secondary N) is 1. The number of ether oxygens (including phenoxy) is 2. The van der Waals surface area contributed by atoms with Crippen LogP contribution in [0.25, 0.3) is 0 Å². The van der Waals surface area contributed by atoms with E-state index in [4.69, 9.17) is 9.47 Å². The van der Waals surface area contributed by atoms with Crippen molar-refractivity contribution in [2.75, 3.05) is 6.54 Å². The van der Waals surface area contributed by atoms with Crippen molar-refractivity contribution in [1.29, 1.82) is 0 Å². The van der Waals surface area contributed by atoms with E-state index in [2.05, 4.69) is 11.9 Å². The molecule has 2 amide bonds. The molecule has 1 aliphatic rings. The van der Waals surface area contributed by atoms with Crippen LogP contribution in [0.3, 0.4) is 0 Å². The Labute approximate surface area is 139 Å². The third kappa shape index (κ3) is 6.93. The predicted octanol–water partition coefficient (Wildman–Crippen LogP) is 3.47. The summed E-state index contributed by atoms with van der Waals surface area (Å²) < 4.78 is 10.7. The molecule has 1 rings (SSSR count). The molecule has 0 aromatic carbocycles. The van der Waals surface area contributed by atoms with Crippen LogP contribution in [0.1, 0.15) is 54.4 Å². The van der Waals surface area contributed by atoms with Crippen molar-refractivity contribution in [3.63, 3.8) is 0 Å². The van der Waals surface area contributed by atoms with Gasteiger partial charge in [-0.3, -0.25) is 0 Å². The lowest BCUT2D eigenvalue weighted by Gasteiger charge is -2.28. The predicted molar refractivity (Wildman–Crippen MR) is 89.3 cm³/mol. The maximum Gasteiger partial charge on any atom is 0.410 e. The second kappa shape index (κ2) is 7.23. The van der Waals surface area contributed by atoms with Gasteiger partial charge in [0.15, 0.2) is 0 Å². The Morgan fingerprint density at radius 3 is 2.22 bits per heavy atom. The van der Waals surface area contributed by atoms with E-state index in [1.165, 1.54) is 0 Å². The maximum atomic E-state index is 12.3. The van der Waals surface area contributed by atoms with Gasteiger partial charge in [0.2, 0.25) is 0 Å². The van der Waals surface area contributed by atoms with Crippen molar-refractivity contribution >= 4 is 12.2 Å². The number of amides is 2. The quantitative estimate of drug-likeness (QED) is 0.806. The molecule has 1 N–H and O–H groups in total. The molecule has 23 heavy (non-hydrogen) atoms. The van der Waals surface area contributed by atoms with Crippen LogP contribution in [0.4, 0.5) is 9.59 Å². The Kier molecular flexibility index (Phi) is 6.08. The van der Waals surface area contributed by atoms with Crippen molar-refractivity contribution in [3.05, 3.63) is 12.7 Å². The molecule has 0 aromatic heterocycles. The van der Waals surface area contributed by atoms with Gasteiger partial charge < -0.3 is 19.7 Å². The van der Waals surface area contributed by atoms with Crippen LogP contribution in [-0.2, 0) is 9.47 Å². The Morgan fingerprint density at radius 1 is 1.17 bits per heavy atom. The molecule has 0 spiro atoms. The fourth-order valence-corrected chi connectivity index (χ4v) is 2.46. The first-order valence-electron chi connectivity index (χ1n) is 8.01. The lowest BCUT2D eigenvalue weighted by molar-refractivity contribution is 0.0220. The highest BCUT2D eigenvalue weighted by Gasteiger charge is 2.38. The van der Waals surface area contributed by atoms with Gasteiger partial charge in [0.1, 0.15) is 11.2 Å². The van der Waals surface area contributed by atoms with Gasteiger partial charge in [-0.1, -0.05) is 6.08 Å². The first kappa shape index (κ1) is 19.3. The van der Waals surface area contributed by atoms with Gasteiger partial charge in [0.05, 0.1) is 6.04 Å². The summed E-state index contributed by atoms with van der Waals surface area (Å²) in [6.45, 7) is 15.1. The van der Waals surface area contributed by atoms with Crippen LogP contribution in [0, 0.1) is 0 Å². The lowest BCUT2D eigenvalue weighted by Crippen LogP contribution is -2.43. The third-order valence-corrected chi connectivity index (χ3v) is 3.20. The number of rotatable bonds is 3. The van der Waals surface area contributed by atoms with Gasteiger partial charge in [-0.15, -0.1) is 6.58 Å². The zero-order chi connectivity index (χ0) is 17.8. The molecular formula is C17H30N2O4. The largest absolute Gasteiger partial charge is 0.444 e. The van der Waals surface area contributed by atoms with Crippen molar-refractivity contribution in [1.82, 2.24) is 10.2 Å². The van der Waals surface area contributed by atoms with E-state index in [9.17, 15) is 9.59 Å². The number of carbonyl (C=O) groups excluding carboxylic acids is 2. The van der Waals surface area contributed by atoms with E-state index in [1.807, 2.05) is 41.5 Å². The number of alkyl carbamates (subject to hydrolysis) is 1. The molecule has 0 unspecified atom stereocenters. The molecule has 6 heteroatoms. The van der Waals surface area contributed by atoms with Gasteiger partial charge in [-0.05, 0) is 54.4 Å². The van der Waals surface area contributed by atoms with Crippen LogP contribution in [0.5, 0.6) is 0 Å². The van der Waals surface area contributed by atoms with E-state index in [-0.39, 0.29) is 18.2 Å². The van der Waals surface area contributed by atoms with Gasteiger partial charge in [-0.2, -0.15) is 0 Å². The van der Waals surface area contributed by atoms with Crippen molar-refractivity contribution in [3.8, 4) is 0 Å². The molecule has 0 aliphatic carbocycles. The Hall–Kier alpha value is -1.72. The molecule has 0 radical (unpaired) electrons. The molecule has 1 saturated heterocycles. The maximum absolute atomic E-state index is 12.3. The first-order chi connectivity index (χ1) is 10.4. The van der Waals surface area contributed by atoms with E-state index in [1.54, 1.807) is 11.0 Å². The summed E-state index contributed by atoms with van der Waals surface area (Å²) >= 11 is 0. The number of hydrogen-bond donors (Lipinski definition) is 1. The average molecular weight is 326 g/mol. The summed E-state index contributed by atoms with van der Waals surface area (Å²) in [5, 5.41) is 2.83. The third-order valence-electron chi connectivity index (χ3n) is 3.20. The van der Waals surface area contributed by atoms with Crippen molar-refractivity contribution in [2.24, 2.45) is 0 Å². The highest BCUT2D eigenvalue weighted by Crippen LogP contribution is 2.24. The average Bonchev–Trinajstić information content (AvgIpc) is 2.67. The molecule has 6 nitrogen and oxygen atoms in total. The molecular weight excluding hydrogens is 296 g/mol. The van der Waals surface area contributed by atoms with Crippen LogP contribution in [0.2, 0.25) is 0 Å². The highest BCUT2D eigenvalue weighted by molar-refractivity contribution is 5.71. The van der Waals surface area contributed by atoms with Crippen LogP contribution < -0.4 is 5.32 Å². The summed E-state index contributed by atoms with van der Waals surface area (Å²) in [5.41, 5.74) is -1.10. The molecule has 0 saturated carbocycles. The van der Waals surface area contributed by atoms with Crippen molar-refractivity contribution in [2.45, 2.75) is 77.7 Å². The summed E-state index contributed by atoms with van der Waals surface area (Å²) in [4.78, 5) is 25.9. The van der Waals surface area contributed by atoms with Gasteiger partial charge in [0, 0.05) is 12.6 Å². The summed E-state index contributed by atoms with van der Waals surface area (Å²) in [6.07, 6.45) is 2.26. The standard InChI is InChI=1S/C17H30N2O4/c1-8-9-13-10-12(18-14(20)22-16(2,3)4)11-19(13)15(21)23-17(5,6)7/h8,12-13H,1,9-11H2,2-7H3,(H,18,20)/t12-,13-/m1/s1. The fourth-order valence-electron chi connectivity index (χ4n) is 2.46. The second-order valence-corrected chi connectivity index (χ2v) is 7.89. The smallest absolute Gasteiger partial charge is 0.410 e. The second-order valence-electron chi connectivity index (χ2n) is 7.89. The Morgan fingerprint density at radius 2 is 1.74 bits per heavy atom. The monoisotopic (exact) mass is 326 g/mol. The number of nitrogens with zero attached hydrogens (tertiary/aromatic N) is 1. The van der Waals surface area contributed by atoms with Gasteiger partial charge >= 0.3 is 12.2 Å². The number of likely N-dealkylation sites (tertiary alicyclic amines) is 1. The minimum Gasteiger partial charge on any atom is -0.444 e. The van der Waals surface area contributed by atoms with Crippen LogP contribution in [0.15, 0.2) is 12.7 Å². The summed E-state index contributed by atoms with van der Waals surface area (Å²) in [6, 6.07) is -0.176. The number of hydrogen-bond acceptors (Lipinski definition) is 4. The molecule has 1 heterocycles. The molecule has 132 valence electrons. The zero-order valence-corrected chi connectivity index (χ0v) is 15.1. The molecule has 0 bridgehead atoms. The minimum absolute atomic E-state index is 0.0257. The first-order valence-corrected chi connectivity index (χ1v) is 8.01. The molecule has 2 atom stereocenters. The molecule has 1 fully saturated rings. The van der Waals surface area contributed by atoms with E-state index >= 15 is 0 Å². The Bertz CT molecular complexity index is 448. The molecule has 0 aromatic rings. The normalized spacial score (nSPS) is 21.7. The zero-order valence-electron chi connectivity index (χ0n) is 15.1. The van der Waals surface area contributed by atoms with Crippen LogP contribution in [-0.4, -0.2) is 46.9 Å². The minimum atomic E-state index is -0.549. The van der Waals surface area contributed by atoms with E-state index < -0.39 is 17.3 Å². The highest BCUT2D eigenvalue weighted by atomic mass is 16.6. The SMILES string of the molecule is C=CC[C@@H]1C[C@@H](NC(=O)OC(C)(C)C)CN1C(=O)OC(C)(C)C. The topological polar surface area (TPSA) is 67.9 Å². The van der Waals surface area contributed by atoms with E-state index in [0.29, 0.717) is 19.4 Å². The van der Waals surface area contributed by atoms with Gasteiger partial charge in [-0.25, -0.2) is 9.59 Å². The fraction of sp³-hybridized carbons (Fsp3) is 0.765. The summed E-state index contributed by atoms with van der Waals surface area (Å²) in [5.74, 6) is 0. The lowest BCUT2D eigenvalue weighted by atomic mass is 10.1. The van der Waals surface area contributed by atoms with Crippen molar-refractivity contribution < 1.29 is 19.1 Å². The van der Waals surface area contributed by atoms with E-state index in [0.717, 1.165) is 0 Å².